The Morgan fingerprint density at radius 3 is 2.73 bits per heavy atom. The highest BCUT2D eigenvalue weighted by Gasteiger charge is 1.98. The maximum atomic E-state index is 4.86. The number of rotatable bonds is 2. The summed E-state index contributed by atoms with van der Waals surface area (Å²) >= 11 is 0. The third-order valence-electron chi connectivity index (χ3n) is 1.26. The molecule has 0 saturated carbocycles. The lowest BCUT2D eigenvalue weighted by atomic mass is 10.5. The first kappa shape index (κ1) is 7.78. The van der Waals surface area contributed by atoms with Gasteiger partial charge in [-0.2, -0.15) is 4.98 Å². The Morgan fingerprint density at radius 2 is 2.18 bits per heavy atom. The molecular weight excluding hydrogens is 142 g/mol. The van der Waals surface area contributed by atoms with Crippen molar-refractivity contribution in [1.29, 1.82) is 0 Å². The van der Waals surface area contributed by atoms with Gasteiger partial charge in [0.2, 0.25) is 0 Å². The van der Waals surface area contributed by atoms with E-state index in [2.05, 4.69) is 9.97 Å². The van der Waals surface area contributed by atoms with E-state index in [4.69, 9.17) is 4.74 Å². The highest BCUT2D eigenvalue weighted by atomic mass is 16.5. The molecule has 4 heteroatoms. The molecular formula is C7H11N3O. The van der Waals surface area contributed by atoms with E-state index in [1.54, 1.807) is 13.3 Å². The quantitative estimate of drug-likeness (QED) is 0.622. The minimum Gasteiger partial charge on any atom is -0.467 e. The predicted molar refractivity (Wildman–Crippen MR) is 42.9 cm³/mol. The van der Waals surface area contributed by atoms with Crippen LogP contribution in [0.2, 0.25) is 0 Å². The molecule has 1 aromatic heterocycles. The maximum Gasteiger partial charge on any atom is 0.318 e. The Labute approximate surface area is 65.8 Å². The molecule has 0 aliphatic rings. The SMILES string of the molecule is COc1nccc(N(C)C)n1. The third-order valence-corrected chi connectivity index (χ3v) is 1.26. The standard InChI is InChI=1S/C7H11N3O/c1-10(2)6-4-5-8-7(9-6)11-3/h4-5H,1-3H3. The van der Waals surface area contributed by atoms with Crippen molar-refractivity contribution in [3.05, 3.63) is 12.3 Å². The number of methoxy groups -OCH3 is 1. The van der Waals surface area contributed by atoms with Crippen molar-refractivity contribution in [1.82, 2.24) is 9.97 Å². The summed E-state index contributed by atoms with van der Waals surface area (Å²) in [5.74, 6) is 0.844. The number of aromatic nitrogens is 2. The molecule has 0 aromatic carbocycles. The topological polar surface area (TPSA) is 38.2 Å². The Kier molecular flexibility index (Phi) is 2.25. The molecule has 1 aromatic rings. The molecule has 1 rings (SSSR count). The molecule has 1 heterocycles. The second-order valence-electron chi connectivity index (χ2n) is 2.30. The normalized spacial score (nSPS) is 9.36. The molecule has 4 nitrogen and oxygen atoms in total. The largest absolute Gasteiger partial charge is 0.467 e. The van der Waals surface area contributed by atoms with Gasteiger partial charge in [0.1, 0.15) is 5.82 Å². The molecule has 0 unspecified atom stereocenters. The lowest BCUT2D eigenvalue weighted by molar-refractivity contribution is 0.380. The second kappa shape index (κ2) is 3.18. The van der Waals surface area contributed by atoms with Crippen LogP contribution in [0, 0.1) is 0 Å². The average Bonchev–Trinajstić information content (AvgIpc) is 2.05. The molecule has 0 spiro atoms. The smallest absolute Gasteiger partial charge is 0.318 e. The van der Waals surface area contributed by atoms with Crippen LogP contribution in [0.15, 0.2) is 12.3 Å². The molecule has 0 radical (unpaired) electrons. The summed E-state index contributed by atoms with van der Waals surface area (Å²) in [6, 6.07) is 2.22. The van der Waals surface area contributed by atoms with Crippen molar-refractivity contribution in [2.75, 3.05) is 26.1 Å². The van der Waals surface area contributed by atoms with E-state index in [0.29, 0.717) is 6.01 Å². The average molecular weight is 153 g/mol. The third kappa shape index (κ3) is 1.80. The van der Waals surface area contributed by atoms with Gasteiger partial charge in [-0.3, -0.25) is 0 Å². The van der Waals surface area contributed by atoms with Gasteiger partial charge in [-0.15, -0.1) is 0 Å². The van der Waals surface area contributed by atoms with Gasteiger partial charge < -0.3 is 9.64 Å². The van der Waals surface area contributed by atoms with Crippen molar-refractivity contribution in [3.63, 3.8) is 0 Å². The van der Waals surface area contributed by atoms with E-state index in [1.807, 2.05) is 25.1 Å². The monoisotopic (exact) mass is 153 g/mol. The van der Waals surface area contributed by atoms with Crippen molar-refractivity contribution in [2.45, 2.75) is 0 Å². The molecule has 0 atom stereocenters. The minimum atomic E-state index is 0.399. The fourth-order valence-corrected chi connectivity index (χ4v) is 0.679. The zero-order valence-corrected chi connectivity index (χ0v) is 6.90. The number of ether oxygens (including phenoxy) is 1. The molecule has 0 bridgehead atoms. The zero-order chi connectivity index (χ0) is 8.27. The molecule has 0 amide bonds. The first-order chi connectivity index (χ1) is 5.24. The van der Waals surface area contributed by atoms with Crippen LogP contribution in [0.4, 0.5) is 5.82 Å². The highest BCUT2D eigenvalue weighted by Crippen LogP contribution is 2.08. The van der Waals surface area contributed by atoms with Gasteiger partial charge in [0.15, 0.2) is 0 Å². The van der Waals surface area contributed by atoms with Gasteiger partial charge in [0.05, 0.1) is 7.11 Å². The Bertz CT molecular complexity index is 237. The summed E-state index contributed by atoms with van der Waals surface area (Å²) in [5, 5.41) is 0. The summed E-state index contributed by atoms with van der Waals surface area (Å²) in [6.45, 7) is 0. The second-order valence-corrected chi connectivity index (χ2v) is 2.30. The lowest BCUT2D eigenvalue weighted by Crippen LogP contribution is -2.11. The van der Waals surface area contributed by atoms with E-state index >= 15 is 0 Å². The molecule has 0 saturated heterocycles. The van der Waals surface area contributed by atoms with Gasteiger partial charge in [0.25, 0.3) is 0 Å². The molecule has 60 valence electrons. The fraction of sp³-hybridized carbons (Fsp3) is 0.429. The summed E-state index contributed by atoms with van der Waals surface area (Å²) < 4.78 is 4.86. The van der Waals surface area contributed by atoms with Crippen molar-refractivity contribution < 1.29 is 4.74 Å². The van der Waals surface area contributed by atoms with E-state index in [0.717, 1.165) is 5.82 Å². The van der Waals surface area contributed by atoms with Crippen LogP contribution in [0.25, 0.3) is 0 Å². The van der Waals surface area contributed by atoms with Gasteiger partial charge >= 0.3 is 6.01 Å². The predicted octanol–water partition coefficient (Wildman–Crippen LogP) is 0.551. The van der Waals surface area contributed by atoms with Crippen LogP contribution in [-0.2, 0) is 0 Å². The van der Waals surface area contributed by atoms with Crippen LogP contribution in [0.1, 0.15) is 0 Å². The summed E-state index contributed by atoms with van der Waals surface area (Å²) in [6.07, 6.45) is 1.67. The van der Waals surface area contributed by atoms with E-state index in [9.17, 15) is 0 Å². The summed E-state index contributed by atoms with van der Waals surface area (Å²) in [7, 11) is 5.39. The maximum absolute atomic E-state index is 4.86. The Hall–Kier alpha value is -1.32. The van der Waals surface area contributed by atoms with Crippen LogP contribution in [-0.4, -0.2) is 31.2 Å². The van der Waals surface area contributed by atoms with Gasteiger partial charge in [-0.05, 0) is 6.07 Å². The van der Waals surface area contributed by atoms with Crippen LogP contribution in [0.3, 0.4) is 0 Å². The van der Waals surface area contributed by atoms with Crippen LogP contribution >= 0.6 is 0 Å². The first-order valence-corrected chi connectivity index (χ1v) is 3.28. The van der Waals surface area contributed by atoms with E-state index in [-0.39, 0.29) is 0 Å². The number of hydrogen-bond donors (Lipinski definition) is 0. The van der Waals surface area contributed by atoms with Crippen LogP contribution in [0.5, 0.6) is 6.01 Å². The van der Waals surface area contributed by atoms with E-state index in [1.165, 1.54) is 0 Å². The Morgan fingerprint density at radius 1 is 1.45 bits per heavy atom. The zero-order valence-electron chi connectivity index (χ0n) is 6.90. The van der Waals surface area contributed by atoms with Crippen molar-refractivity contribution in [2.24, 2.45) is 0 Å². The lowest BCUT2D eigenvalue weighted by Gasteiger charge is -2.10. The van der Waals surface area contributed by atoms with Gasteiger partial charge in [-0.25, -0.2) is 4.98 Å². The van der Waals surface area contributed by atoms with Crippen molar-refractivity contribution in [3.8, 4) is 6.01 Å². The molecule has 0 fully saturated rings. The molecule has 0 aliphatic carbocycles. The molecule has 0 aliphatic heterocycles. The highest BCUT2D eigenvalue weighted by molar-refractivity contribution is 5.35. The summed E-state index contributed by atoms with van der Waals surface area (Å²) in [5.41, 5.74) is 0. The van der Waals surface area contributed by atoms with Crippen LogP contribution < -0.4 is 9.64 Å². The minimum absolute atomic E-state index is 0.399. The Balaban J connectivity index is 2.91. The number of anilines is 1. The van der Waals surface area contributed by atoms with Crippen molar-refractivity contribution >= 4 is 5.82 Å². The van der Waals surface area contributed by atoms with Gasteiger partial charge in [0, 0.05) is 20.3 Å². The summed E-state index contributed by atoms with van der Waals surface area (Å²) in [4.78, 5) is 9.86. The number of hydrogen-bond acceptors (Lipinski definition) is 4. The number of nitrogens with zero attached hydrogens (tertiary/aromatic N) is 3. The van der Waals surface area contributed by atoms with Gasteiger partial charge in [-0.1, -0.05) is 0 Å². The molecule has 11 heavy (non-hydrogen) atoms. The fourth-order valence-electron chi connectivity index (χ4n) is 0.679. The van der Waals surface area contributed by atoms with E-state index < -0.39 is 0 Å². The molecule has 0 N–H and O–H groups in total. The first-order valence-electron chi connectivity index (χ1n) is 3.28.